The van der Waals surface area contributed by atoms with Gasteiger partial charge in [0.1, 0.15) is 29.1 Å². The van der Waals surface area contributed by atoms with Gasteiger partial charge < -0.3 is 20.1 Å². The number of carbonyl (C=O) groups is 2. The second-order valence-electron chi connectivity index (χ2n) is 7.50. The van der Waals surface area contributed by atoms with Crippen LogP contribution in [0.3, 0.4) is 0 Å². The molecule has 0 saturated heterocycles. The Hall–Kier alpha value is -3.94. The maximum atomic E-state index is 12.7. The van der Waals surface area contributed by atoms with Crippen molar-refractivity contribution in [2.45, 2.75) is 31.8 Å². The van der Waals surface area contributed by atoms with Gasteiger partial charge in [-0.05, 0) is 61.7 Å². The van der Waals surface area contributed by atoms with Crippen LogP contribution in [0.5, 0.6) is 17.2 Å². The van der Waals surface area contributed by atoms with E-state index in [4.69, 9.17) is 9.47 Å². The summed E-state index contributed by atoms with van der Waals surface area (Å²) in [5, 5.41) is 5.71. The van der Waals surface area contributed by atoms with Gasteiger partial charge in [-0.1, -0.05) is 12.1 Å². The highest BCUT2D eigenvalue weighted by Crippen LogP contribution is 2.36. The fourth-order valence-electron chi connectivity index (χ4n) is 3.17. The highest BCUT2D eigenvalue weighted by atomic mass is 16.5. The molecule has 2 N–H and O–H groups in total. The molecule has 0 unspecified atom stereocenters. The van der Waals surface area contributed by atoms with Crippen LogP contribution >= 0.6 is 0 Å². The average molecular weight is 432 g/mol. The summed E-state index contributed by atoms with van der Waals surface area (Å²) in [4.78, 5) is 32.7. The lowest BCUT2D eigenvalue weighted by molar-refractivity contribution is -0.124. The summed E-state index contributed by atoms with van der Waals surface area (Å²) in [6.07, 6.45) is 5.41. The third-order valence-electron chi connectivity index (χ3n) is 5.11. The van der Waals surface area contributed by atoms with Gasteiger partial charge in [0.15, 0.2) is 0 Å². The number of nitrogens with one attached hydrogen (secondary N) is 2. The zero-order valence-corrected chi connectivity index (χ0v) is 17.7. The van der Waals surface area contributed by atoms with Gasteiger partial charge in [-0.3, -0.25) is 9.59 Å². The molecule has 0 bridgehead atoms. The van der Waals surface area contributed by atoms with E-state index < -0.39 is 5.54 Å². The minimum atomic E-state index is -0.858. The first kappa shape index (κ1) is 21.3. The lowest BCUT2D eigenvalue weighted by Gasteiger charge is -2.17. The second kappa shape index (κ2) is 9.47. The highest BCUT2D eigenvalue weighted by Gasteiger charge is 2.51. The van der Waals surface area contributed by atoms with Crippen LogP contribution in [0.25, 0.3) is 0 Å². The van der Waals surface area contributed by atoms with Crippen LogP contribution in [0.2, 0.25) is 0 Å². The molecule has 32 heavy (non-hydrogen) atoms. The molecule has 2 aromatic carbocycles. The lowest BCUT2D eigenvalue weighted by atomic mass is 10.2. The van der Waals surface area contributed by atoms with E-state index in [1.165, 1.54) is 18.7 Å². The molecule has 1 aliphatic rings. The first-order valence-corrected chi connectivity index (χ1v) is 10.4. The number of ether oxygens (including phenoxy) is 2. The summed E-state index contributed by atoms with van der Waals surface area (Å²) in [6, 6.07) is 14.9. The molecule has 8 heteroatoms. The fraction of sp³-hybridized carbons (Fsp3) is 0.250. The third-order valence-corrected chi connectivity index (χ3v) is 5.11. The van der Waals surface area contributed by atoms with E-state index in [-0.39, 0.29) is 11.8 Å². The molecular formula is C24H24N4O4. The summed E-state index contributed by atoms with van der Waals surface area (Å²) < 4.78 is 11.3. The van der Waals surface area contributed by atoms with Gasteiger partial charge in [-0.25, -0.2) is 9.97 Å². The van der Waals surface area contributed by atoms with Crippen molar-refractivity contribution in [3.8, 4) is 17.2 Å². The van der Waals surface area contributed by atoms with Crippen molar-refractivity contribution < 1.29 is 19.1 Å². The van der Waals surface area contributed by atoms with Gasteiger partial charge in [0.05, 0.1) is 12.2 Å². The third kappa shape index (κ3) is 5.21. The SMILES string of the molecule is CCOc1ccc(Oc2ccc(CNC(=O)C3(NC(=O)c4cncnc4)CC3)cc2)cc1. The fourth-order valence-corrected chi connectivity index (χ4v) is 3.17. The van der Waals surface area contributed by atoms with E-state index in [2.05, 4.69) is 20.6 Å². The van der Waals surface area contributed by atoms with Gasteiger partial charge in [-0.15, -0.1) is 0 Å². The van der Waals surface area contributed by atoms with Gasteiger partial charge in [0.25, 0.3) is 5.91 Å². The van der Waals surface area contributed by atoms with Crippen molar-refractivity contribution in [3.63, 3.8) is 0 Å². The van der Waals surface area contributed by atoms with Crippen LogP contribution in [0, 0.1) is 0 Å². The standard InChI is InChI=1S/C24H24N4O4/c1-2-31-19-7-9-21(10-8-19)32-20-5-3-17(4-6-20)13-27-23(30)24(11-12-24)28-22(29)18-14-25-16-26-15-18/h3-10,14-16H,2,11-13H2,1H3,(H,27,30)(H,28,29). The lowest BCUT2D eigenvalue weighted by Crippen LogP contribution is -2.48. The molecule has 4 rings (SSSR count). The predicted molar refractivity (Wildman–Crippen MR) is 117 cm³/mol. The van der Waals surface area contributed by atoms with Crippen molar-refractivity contribution in [1.82, 2.24) is 20.6 Å². The van der Waals surface area contributed by atoms with Crippen molar-refractivity contribution in [3.05, 3.63) is 78.4 Å². The number of hydrogen-bond donors (Lipinski definition) is 2. The minimum absolute atomic E-state index is 0.197. The molecule has 3 aromatic rings. The maximum absolute atomic E-state index is 12.7. The summed E-state index contributed by atoms with van der Waals surface area (Å²) in [5.41, 5.74) is 0.398. The minimum Gasteiger partial charge on any atom is -0.494 e. The number of hydrogen-bond acceptors (Lipinski definition) is 6. The Kier molecular flexibility index (Phi) is 6.30. The van der Waals surface area contributed by atoms with Crippen LogP contribution in [-0.2, 0) is 11.3 Å². The first-order valence-electron chi connectivity index (χ1n) is 10.4. The van der Waals surface area contributed by atoms with E-state index in [1.54, 1.807) is 0 Å². The molecule has 164 valence electrons. The zero-order valence-electron chi connectivity index (χ0n) is 17.7. The molecule has 8 nitrogen and oxygen atoms in total. The van der Waals surface area contributed by atoms with Gasteiger partial charge in [-0.2, -0.15) is 0 Å². The Morgan fingerprint density at radius 3 is 2.12 bits per heavy atom. The van der Waals surface area contributed by atoms with Crippen molar-refractivity contribution in [2.75, 3.05) is 6.61 Å². The summed E-state index contributed by atoms with van der Waals surface area (Å²) in [6.45, 7) is 2.91. The number of carbonyl (C=O) groups excluding carboxylic acids is 2. The van der Waals surface area contributed by atoms with Gasteiger partial charge >= 0.3 is 0 Å². The van der Waals surface area contributed by atoms with Crippen LogP contribution in [0.15, 0.2) is 67.3 Å². The molecule has 1 aliphatic carbocycles. The number of nitrogens with zero attached hydrogens (tertiary/aromatic N) is 2. The van der Waals surface area contributed by atoms with Gasteiger partial charge in [0, 0.05) is 18.9 Å². The van der Waals surface area contributed by atoms with E-state index in [0.29, 0.717) is 43.1 Å². The van der Waals surface area contributed by atoms with Crippen molar-refractivity contribution >= 4 is 11.8 Å². The molecule has 0 radical (unpaired) electrons. The molecule has 0 spiro atoms. The Bertz CT molecular complexity index is 1070. The Labute approximate surface area is 186 Å². The quantitative estimate of drug-likeness (QED) is 0.538. The van der Waals surface area contributed by atoms with Crippen LogP contribution in [0.1, 0.15) is 35.7 Å². The molecule has 0 atom stereocenters. The molecule has 1 aromatic heterocycles. The van der Waals surface area contributed by atoms with E-state index in [1.807, 2.05) is 55.5 Å². The van der Waals surface area contributed by atoms with E-state index >= 15 is 0 Å². The van der Waals surface area contributed by atoms with Crippen LogP contribution < -0.4 is 20.1 Å². The molecule has 1 heterocycles. The number of amides is 2. The molecule has 1 fully saturated rings. The second-order valence-corrected chi connectivity index (χ2v) is 7.50. The normalized spacial score (nSPS) is 13.7. The maximum Gasteiger partial charge on any atom is 0.255 e. The van der Waals surface area contributed by atoms with Crippen LogP contribution in [0.4, 0.5) is 0 Å². The Morgan fingerprint density at radius 1 is 0.938 bits per heavy atom. The average Bonchev–Trinajstić information content (AvgIpc) is 3.61. The van der Waals surface area contributed by atoms with Gasteiger partial charge in [0.2, 0.25) is 5.91 Å². The molecule has 2 amide bonds. The number of aromatic nitrogens is 2. The van der Waals surface area contributed by atoms with E-state index in [9.17, 15) is 9.59 Å². The Morgan fingerprint density at radius 2 is 1.53 bits per heavy atom. The summed E-state index contributed by atoms with van der Waals surface area (Å²) in [5.74, 6) is 1.66. The summed E-state index contributed by atoms with van der Waals surface area (Å²) in [7, 11) is 0. The van der Waals surface area contributed by atoms with Crippen molar-refractivity contribution in [2.24, 2.45) is 0 Å². The summed E-state index contributed by atoms with van der Waals surface area (Å²) >= 11 is 0. The largest absolute Gasteiger partial charge is 0.494 e. The molecule has 0 aliphatic heterocycles. The van der Waals surface area contributed by atoms with Crippen LogP contribution in [-0.4, -0.2) is 33.9 Å². The van der Waals surface area contributed by atoms with Crippen molar-refractivity contribution in [1.29, 1.82) is 0 Å². The molecule has 1 saturated carbocycles. The smallest absolute Gasteiger partial charge is 0.255 e. The predicted octanol–water partition coefficient (Wildman–Crippen LogP) is 3.25. The highest BCUT2D eigenvalue weighted by molar-refractivity contribution is 6.00. The number of rotatable bonds is 9. The monoisotopic (exact) mass is 432 g/mol. The first-order chi connectivity index (χ1) is 15.6. The molecular weight excluding hydrogens is 408 g/mol. The number of benzene rings is 2. The topological polar surface area (TPSA) is 102 Å². The zero-order chi connectivity index (χ0) is 22.4. The Balaban J connectivity index is 1.28. The van der Waals surface area contributed by atoms with E-state index in [0.717, 1.165) is 11.3 Å².